The van der Waals surface area contributed by atoms with Crippen LogP contribution in [0.2, 0.25) is 0 Å². The van der Waals surface area contributed by atoms with Crippen molar-refractivity contribution < 1.29 is 0 Å². The van der Waals surface area contributed by atoms with Gasteiger partial charge >= 0.3 is 0 Å². The Morgan fingerprint density at radius 3 is 1.40 bits per heavy atom. The van der Waals surface area contributed by atoms with Crippen LogP contribution < -0.4 is 0 Å². The molecule has 1 aliphatic rings. The van der Waals surface area contributed by atoms with Gasteiger partial charge in [-0.25, -0.2) is 0 Å². The van der Waals surface area contributed by atoms with Gasteiger partial charge in [0.1, 0.15) is 0 Å². The monoisotopic (exact) mass is 140 g/mol. The van der Waals surface area contributed by atoms with E-state index in [1.54, 1.807) is 0 Å². The standard InChI is InChI=1S/C6H10.C4H10/c1-2-4-6-5-3-1;1-3-4-2/h1-2H,3-6H2;3-4H2,1-2H3. The van der Waals surface area contributed by atoms with Gasteiger partial charge in [-0.3, -0.25) is 0 Å². The Balaban J connectivity index is 0.000000180. The number of allylic oxidation sites excluding steroid dienone is 2. The van der Waals surface area contributed by atoms with E-state index in [-0.39, 0.29) is 0 Å². The van der Waals surface area contributed by atoms with E-state index >= 15 is 0 Å². The van der Waals surface area contributed by atoms with Gasteiger partial charge in [0.2, 0.25) is 0 Å². The molecule has 10 heavy (non-hydrogen) atoms. The molecule has 0 heteroatoms. The molecule has 0 atom stereocenters. The average molecular weight is 140 g/mol. The topological polar surface area (TPSA) is 0 Å². The summed E-state index contributed by atoms with van der Waals surface area (Å²) in [5.74, 6) is 0. The molecule has 0 spiro atoms. The number of rotatable bonds is 1. The van der Waals surface area contributed by atoms with Gasteiger partial charge in [-0.1, -0.05) is 38.8 Å². The Hall–Kier alpha value is -0.260. The van der Waals surface area contributed by atoms with Crippen molar-refractivity contribution in [3.05, 3.63) is 12.2 Å². The summed E-state index contributed by atoms with van der Waals surface area (Å²) in [7, 11) is 0. The summed E-state index contributed by atoms with van der Waals surface area (Å²) in [5, 5.41) is 0. The molecule has 0 amide bonds. The van der Waals surface area contributed by atoms with Gasteiger partial charge in [0, 0.05) is 0 Å². The molecule has 0 nitrogen and oxygen atoms in total. The molecule has 0 aromatic carbocycles. The first kappa shape index (κ1) is 9.74. The third-order valence-corrected chi connectivity index (χ3v) is 1.66. The van der Waals surface area contributed by atoms with E-state index in [4.69, 9.17) is 0 Å². The maximum absolute atomic E-state index is 2.27. The van der Waals surface area contributed by atoms with Crippen molar-refractivity contribution >= 4 is 0 Å². The minimum absolute atomic E-state index is 1.32. The summed E-state index contributed by atoms with van der Waals surface area (Å²) < 4.78 is 0. The molecule has 0 aromatic rings. The molecule has 0 saturated carbocycles. The van der Waals surface area contributed by atoms with Gasteiger partial charge in [-0.15, -0.1) is 0 Å². The highest BCUT2D eigenvalue weighted by molar-refractivity contribution is 4.85. The van der Waals surface area contributed by atoms with Gasteiger partial charge in [-0.2, -0.15) is 0 Å². The molecule has 60 valence electrons. The van der Waals surface area contributed by atoms with Gasteiger partial charge < -0.3 is 0 Å². The Morgan fingerprint density at radius 2 is 1.30 bits per heavy atom. The molecule has 1 aliphatic carbocycles. The lowest BCUT2D eigenvalue weighted by atomic mass is 10.1. The van der Waals surface area contributed by atoms with Crippen molar-refractivity contribution in [1.82, 2.24) is 0 Å². The third-order valence-electron chi connectivity index (χ3n) is 1.66. The molecule has 0 bridgehead atoms. The van der Waals surface area contributed by atoms with E-state index in [9.17, 15) is 0 Å². The third kappa shape index (κ3) is 7.74. The normalized spacial score (nSPS) is 15.8. The van der Waals surface area contributed by atoms with Crippen molar-refractivity contribution in [3.63, 3.8) is 0 Å². The van der Waals surface area contributed by atoms with Crippen LogP contribution >= 0.6 is 0 Å². The molecule has 0 fully saturated rings. The lowest BCUT2D eigenvalue weighted by Gasteiger charge is -1.97. The first-order valence-electron chi connectivity index (χ1n) is 4.56. The minimum atomic E-state index is 1.32. The number of unbranched alkanes of at least 4 members (excludes halogenated alkanes) is 1. The van der Waals surface area contributed by atoms with Crippen molar-refractivity contribution in [3.8, 4) is 0 Å². The van der Waals surface area contributed by atoms with Crippen LogP contribution in [-0.4, -0.2) is 0 Å². The van der Waals surface area contributed by atoms with Crippen molar-refractivity contribution in [2.24, 2.45) is 0 Å². The quantitative estimate of drug-likeness (QED) is 0.484. The number of hydrogen-bond acceptors (Lipinski definition) is 0. The zero-order chi connectivity index (χ0) is 7.66. The molecule has 0 saturated heterocycles. The van der Waals surface area contributed by atoms with E-state index < -0.39 is 0 Å². The molecule has 1 rings (SSSR count). The van der Waals surface area contributed by atoms with E-state index in [1.165, 1.54) is 38.5 Å². The zero-order valence-electron chi connectivity index (χ0n) is 7.40. The summed E-state index contributed by atoms with van der Waals surface area (Å²) in [6, 6.07) is 0. The highest BCUT2D eigenvalue weighted by Crippen LogP contribution is 2.07. The predicted octanol–water partition coefficient (Wildman–Crippen LogP) is 3.92. The molecule has 0 radical (unpaired) electrons. The van der Waals surface area contributed by atoms with Crippen LogP contribution in [0, 0.1) is 0 Å². The van der Waals surface area contributed by atoms with Crippen molar-refractivity contribution in [2.75, 3.05) is 0 Å². The summed E-state index contributed by atoms with van der Waals surface area (Å²) in [6.07, 6.45) is 12.6. The first-order valence-corrected chi connectivity index (χ1v) is 4.56. The lowest BCUT2D eigenvalue weighted by molar-refractivity contribution is 0.730. The maximum Gasteiger partial charge on any atom is -0.0351 e. The van der Waals surface area contributed by atoms with Crippen molar-refractivity contribution in [1.29, 1.82) is 0 Å². The summed E-state index contributed by atoms with van der Waals surface area (Å²) >= 11 is 0. The fourth-order valence-electron chi connectivity index (χ4n) is 0.760. The van der Waals surface area contributed by atoms with Crippen LogP contribution in [0.1, 0.15) is 52.4 Å². The van der Waals surface area contributed by atoms with Crippen LogP contribution in [0.25, 0.3) is 0 Å². The fourth-order valence-corrected chi connectivity index (χ4v) is 0.760. The van der Waals surface area contributed by atoms with Crippen LogP contribution in [0.5, 0.6) is 0 Å². The molecule has 0 aliphatic heterocycles. The summed E-state index contributed by atoms with van der Waals surface area (Å²) in [4.78, 5) is 0. The highest BCUT2D eigenvalue weighted by atomic mass is 13.9. The van der Waals surface area contributed by atoms with Gasteiger partial charge in [0.25, 0.3) is 0 Å². The summed E-state index contributed by atoms with van der Waals surface area (Å²) in [5.41, 5.74) is 0. The van der Waals surface area contributed by atoms with Gasteiger partial charge in [0.05, 0.1) is 0 Å². The Bertz CT molecular complexity index is 62.1. The predicted molar refractivity (Wildman–Crippen MR) is 48.2 cm³/mol. The fraction of sp³-hybridized carbons (Fsp3) is 0.800. The molecule has 0 N–H and O–H groups in total. The van der Waals surface area contributed by atoms with E-state index in [1.807, 2.05) is 0 Å². The molecule has 0 unspecified atom stereocenters. The SMILES string of the molecule is C1=CCCCC1.CCCC. The van der Waals surface area contributed by atoms with Crippen LogP contribution in [0.4, 0.5) is 0 Å². The van der Waals surface area contributed by atoms with E-state index in [2.05, 4.69) is 26.0 Å². The van der Waals surface area contributed by atoms with Crippen molar-refractivity contribution in [2.45, 2.75) is 52.4 Å². The highest BCUT2D eigenvalue weighted by Gasteiger charge is 1.87. The van der Waals surface area contributed by atoms with Gasteiger partial charge in [-0.05, 0) is 25.7 Å². The summed E-state index contributed by atoms with van der Waals surface area (Å²) in [6.45, 7) is 4.36. The molecule has 0 heterocycles. The van der Waals surface area contributed by atoms with E-state index in [0.717, 1.165) is 0 Å². The first-order chi connectivity index (χ1) is 4.91. The second-order valence-corrected chi connectivity index (χ2v) is 2.76. The molecular weight excluding hydrogens is 120 g/mol. The molecular formula is C10H20. The lowest BCUT2D eigenvalue weighted by Crippen LogP contribution is -1.77. The molecule has 0 aromatic heterocycles. The van der Waals surface area contributed by atoms with Crippen LogP contribution in [0.15, 0.2) is 12.2 Å². The zero-order valence-corrected chi connectivity index (χ0v) is 7.40. The maximum atomic E-state index is 2.27. The number of hydrogen-bond donors (Lipinski definition) is 0. The largest absolute Gasteiger partial charge is 0.0885 e. The Morgan fingerprint density at radius 1 is 0.900 bits per heavy atom. The van der Waals surface area contributed by atoms with Gasteiger partial charge in [0.15, 0.2) is 0 Å². The van der Waals surface area contributed by atoms with E-state index in [0.29, 0.717) is 0 Å². The van der Waals surface area contributed by atoms with Crippen LogP contribution in [-0.2, 0) is 0 Å². The second-order valence-electron chi connectivity index (χ2n) is 2.76. The second kappa shape index (κ2) is 8.74. The van der Waals surface area contributed by atoms with Crippen LogP contribution in [0.3, 0.4) is 0 Å². The Labute approximate surface area is 65.3 Å². The minimum Gasteiger partial charge on any atom is -0.0885 e. The average Bonchev–Trinajstić information content (AvgIpc) is 2.08. The smallest absolute Gasteiger partial charge is 0.0351 e. The Kier molecular flexibility index (Phi) is 8.51.